The predicted molar refractivity (Wildman–Crippen MR) is 116 cm³/mol. The molecule has 2 aromatic carbocycles. The van der Waals surface area contributed by atoms with Gasteiger partial charge in [0.1, 0.15) is 10.8 Å². The van der Waals surface area contributed by atoms with Gasteiger partial charge in [-0.05, 0) is 50.2 Å². The fraction of sp³-hybridized carbons (Fsp3) is 0.190. The summed E-state index contributed by atoms with van der Waals surface area (Å²) < 4.78 is 6.32. The summed E-state index contributed by atoms with van der Waals surface area (Å²) in [6.07, 6.45) is 0. The van der Waals surface area contributed by atoms with E-state index in [1.165, 1.54) is 4.70 Å². The Bertz CT molecular complexity index is 1060. The number of carbonyl (C=O) groups excluding carboxylic acids is 1. The number of hydrogen-bond acceptors (Lipinski definition) is 6. The third-order valence-electron chi connectivity index (χ3n) is 4.37. The van der Waals surface area contributed by atoms with Gasteiger partial charge in [-0.15, -0.1) is 23.1 Å². The third kappa shape index (κ3) is 4.10. The van der Waals surface area contributed by atoms with Crippen LogP contribution in [0.4, 0.5) is 5.69 Å². The fourth-order valence-electron chi connectivity index (χ4n) is 2.84. The number of carbonyl (C=O) groups is 1. The molecule has 0 aliphatic carbocycles. The van der Waals surface area contributed by atoms with E-state index >= 15 is 0 Å². The molecule has 2 heterocycles. The van der Waals surface area contributed by atoms with Crippen molar-refractivity contribution in [3.05, 3.63) is 65.5 Å². The summed E-state index contributed by atoms with van der Waals surface area (Å²) in [4.78, 5) is 16.9. The zero-order chi connectivity index (χ0) is 19.5. The van der Waals surface area contributed by atoms with E-state index in [2.05, 4.69) is 21.5 Å². The second-order valence-electron chi connectivity index (χ2n) is 6.41. The third-order valence-corrected chi connectivity index (χ3v) is 6.41. The number of aromatic nitrogens is 2. The van der Waals surface area contributed by atoms with Crippen LogP contribution in [-0.2, 0) is 10.5 Å². The smallest absolute Gasteiger partial charge is 0.234 e. The molecule has 4 rings (SSSR count). The van der Waals surface area contributed by atoms with Crippen LogP contribution in [0.25, 0.3) is 20.8 Å². The summed E-state index contributed by atoms with van der Waals surface area (Å²) in [5, 5.41) is 7.86. The highest BCUT2D eigenvalue weighted by molar-refractivity contribution is 7.99. The van der Waals surface area contributed by atoms with Crippen LogP contribution in [-0.4, -0.2) is 21.8 Å². The van der Waals surface area contributed by atoms with E-state index in [4.69, 9.17) is 4.52 Å². The Morgan fingerprint density at radius 3 is 2.64 bits per heavy atom. The van der Waals surface area contributed by atoms with Gasteiger partial charge < -0.3 is 9.84 Å². The maximum absolute atomic E-state index is 12.2. The maximum Gasteiger partial charge on any atom is 0.234 e. The molecule has 0 radical (unpaired) electrons. The summed E-state index contributed by atoms with van der Waals surface area (Å²) in [5.74, 6) is 1.88. The molecule has 0 saturated carbocycles. The lowest BCUT2D eigenvalue weighted by Gasteiger charge is -2.06. The quantitative estimate of drug-likeness (QED) is 0.459. The van der Waals surface area contributed by atoms with Gasteiger partial charge in [0.05, 0.1) is 21.7 Å². The molecule has 1 N–H and O–H groups in total. The van der Waals surface area contributed by atoms with Crippen molar-refractivity contribution in [1.29, 1.82) is 0 Å². The Labute approximate surface area is 171 Å². The average molecular weight is 410 g/mol. The van der Waals surface area contributed by atoms with Crippen molar-refractivity contribution in [3.8, 4) is 10.6 Å². The van der Waals surface area contributed by atoms with Crippen molar-refractivity contribution >= 4 is 44.9 Å². The molecular weight excluding hydrogens is 390 g/mol. The first-order valence-electron chi connectivity index (χ1n) is 8.85. The summed E-state index contributed by atoms with van der Waals surface area (Å²) in [6.45, 7) is 3.81. The number of hydrogen-bond donors (Lipinski definition) is 1. The highest BCUT2D eigenvalue weighted by Gasteiger charge is 2.11. The van der Waals surface area contributed by atoms with Gasteiger partial charge >= 0.3 is 0 Å². The summed E-state index contributed by atoms with van der Waals surface area (Å²) in [6, 6.07) is 15.9. The van der Waals surface area contributed by atoms with Crippen molar-refractivity contribution in [3.63, 3.8) is 0 Å². The average Bonchev–Trinajstić information content (AvgIpc) is 3.27. The highest BCUT2D eigenvalue weighted by atomic mass is 32.2. The molecule has 0 saturated heterocycles. The van der Waals surface area contributed by atoms with E-state index in [1.54, 1.807) is 23.1 Å². The number of nitrogens with one attached hydrogen (secondary N) is 1. The van der Waals surface area contributed by atoms with Crippen LogP contribution in [0.3, 0.4) is 0 Å². The Balaban J connectivity index is 1.34. The predicted octanol–water partition coefficient (Wildman–Crippen LogP) is 5.44. The molecule has 0 unspecified atom stereocenters. The van der Waals surface area contributed by atoms with Crippen LogP contribution in [0.15, 0.2) is 53.1 Å². The number of thioether (sulfide) groups is 1. The normalized spacial score (nSPS) is 11.1. The van der Waals surface area contributed by atoms with E-state index in [1.807, 2.05) is 56.3 Å². The lowest BCUT2D eigenvalue weighted by molar-refractivity contribution is -0.113. The van der Waals surface area contributed by atoms with Gasteiger partial charge in [-0.3, -0.25) is 4.79 Å². The molecule has 2 aromatic heterocycles. The molecule has 142 valence electrons. The van der Waals surface area contributed by atoms with E-state index < -0.39 is 0 Å². The SMILES string of the molecule is Cc1noc(C)c1CSCC(=O)Nc1ccc(-c2nc3ccccc3s2)cc1. The summed E-state index contributed by atoms with van der Waals surface area (Å²) in [5.41, 5.74) is 4.80. The Kier molecular flexibility index (Phi) is 5.45. The second kappa shape index (κ2) is 8.16. The van der Waals surface area contributed by atoms with Gasteiger partial charge in [0.25, 0.3) is 0 Å². The van der Waals surface area contributed by atoms with Gasteiger partial charge in [0.2, 0.25) is 5.91 Å². The van der Waals surface area contributed by atoms with Crippen LogP contribution in [0.5, 0.6) is 0 Å². The molecule has 1 amide bonds. The topological polar surface area (TPSA) is 68.0 Å². The number of aryl methyl sites for hydroxylation is 2. The standard InChI is InChI=1S/C21H19N3O2S2/c1-13-17(14(2)26-24-13)11-27-12-20(25)22-16-9-7-15(8-10-16)21-23-18-5-3-4-6-19(18)28-21/h3-10H,11-12H2,1-2H3,(H,22,25). The van der Waals surface area contributed by atoms with Crippen LogP contribution >= 0.6 is 23.1 Å². The minimum atomic E-state index is -0.0236. The largest absolute Gasteiger partial charge is 0.361 e. The van der Waals surface area contributed by atoms with Gasteiger partial charge in [0, 0.05) is 22.6 Å². The van der Waals surface area contributed by atoms with Gasteiger partial charge in [0.15, 0.2) is 0 Å². The number of fused-ring (bicyclic) bond motifs is 1. The van der Waals surface area contributed by atoms with Crippen molar-refractivity contribution < 1.29 is 9.32 Å². The summed E-state index contributed by atoms with van der Waals surface area (Å²) >= 11 is 3.22. The van der Waals surface area contributed by atoms with E-state index in [-0.39, 0.29) is 5.91 Å². The molecule has 0 spiro atoms. The van der Waals surface area contributed by atoms with E-state index in [0.717, 1.165) is 38.8 Å². The molecular formula is C21H19N3O2S2. The minimum absolute atomic E-state index is 0.0236. The van der Waals surface area contributed by atoms with Crippen LogP contribution in [0.1, 0.15) is 17.0 Å². The number of amides is 1. The molecule has 0 aliphatic rings. The molecule has 4 aromatic rings. The van der Waals surface area contributed by atoms with Crippen LogP contribution in [0.2, 0.25) is 0 Å². The first-order valence-corrected chi connectivity index (χ1v) is 10.8. The van der Waals surface area contributed by atoms with E-state index in [0.29, 0.717) is 11.5 Å². The molecule has 7 heteroatoms. The zero-order valence-corrected chi connectivity index (χ0v) is 17.2. The van der Waals surface area contributed by atoms with Crippen LogP contribution in [0, 0.1) is 13.8 Å². The molecule has 0 fully saturated rings. The van der Waals surface area contributed by atoms with Gasteiger partial charge in [-0.2, -0.15) is 0 Å². The number of benzene rings is 2. The molecule has 5 nitrogen and oxygen atoms in total. The molecule has 28 heavy (non-hydrogen) atoms. The number of para-hydroxylation sites is 1. The Hall–Kier alpha value is -2.64. The van der Waals surface area contributed by atoms with Crippen molar-refractivity contribution in [1.82, 2.24) is 10.1 Å². The minimum Gasteiger partial charge on any atom is -0.361 e. The maximum atomic E-state index is 12.2. The first-order chi connectivity index (χ1) is 13.6. The number of nitrogens with zero attached hydrogens (tertiary/aromatic N) is 2. The lowest BCUT2D eigenvalue weighted by Crippen LogP contribution is -2.14. The van der Waals surface area contributed by atoms with Crippen molar-refractivity contribution in [2.24, 2.45) is 0 Å². The number of anilines is 1. The van der Waals surface area contributed by atoms with E-state index in [9.17, 15) is 4.79 Å². The first kappa shape index (κ1) is 18.7. The van der Waals surface area contributed by atoms with Crippen molar-refractivity contribution in [2.45, 2.75) is 19.6 Å². The second-order valence-corrected chi connectivity index (χ2v) is 8.42. The Morgan fingerprint density at radius 1 is 1.14 bits per heavy atom. The number of thiazole rings is 1. The Morgan fingerprint density at radius 2 is 1.93 bits per heavy atom. The zero-order valence-electron chi connectivity index (χ0n) is 15.6. The number of rotatable bonds is 6. The monoisotopic (exact) mass is 409 g/mol. The molecule has 0 aliphatic heterocycles. The van der Waals surface area contributed by atoms with Gasteiger partial charge in [-0.25, -0.2) is 4.98 Å². The summed E-state index contributed by atoms with van der Waals surface area (Å²) in [7, 11) is 0. The molecule has 0 atom stereocenters. The lowest BCUT2D eigenvalue weighted by atomic mass is 10.2. The van der Waals surface area contributed by atoms with Crippen LogP contribution < -0.4 is 5.32 Å². The molecule has 0 bridgehead atoms. The van der Waals surface area contributed by atoms with Crippen molar-refractivity contribution in [2.75, 3.05) is 11.1 Å². The highest BCUT2D eigenvalue weighted by Crippen LogP contribution is 2.30. The fourth-order valence-corrected chi connectivity index (χ4v) is 4.79. The van der Waals surface area contributed by atoms with Gasteiger partial charge in [-0.1, -0.05) is 17.3 Å².